The number of rotatable bonds is 17. The second-order valence-corrected chi connectivity index (χ2v) is 11.8. The minimum atomic E-state index is -1.80. The zero-order valence-corrected chi connectivity index (χ0v) is 24.3. The molecule has 0 spiro atoms. The molecule has 0 aliphatic carbocycles. The highest BCUT2D eigenvalue weighted by atomic mass is 32.1. The zero-order valence-electron chi connectivity index (χ0n) is 23.5. The molecule has 1 aromatic heterocycles. The van der Waals surface area contributed by atoms with Gasteiger partial charge in [-0.15, -0.1) is 11.3 Å². The number of esters is 1. The second-order valence-electron chi connectivity index (χ2n) is 10.6. The van der Waals surface area contributed by atoms with Crippen molar-refractivity contribution in [3.8, 4) is 0 Å². The van der Waals surface area contributed by atoms with E-state index in [2.05, 4.69) is 6.92 Å². The second kappa shape index (κ2) is 16.3. The van der Waals surface area contributed by atoms with Crippen LogP contribution in [-0.2, 0) is 16.0 Å². The number of unbranched alkanes of at least 4 members (excludes halogenated alkanes) is 2. The Morgan fingerprint density at radius 3 is 2.39 bits per heavy atom. The maximum atomic E-state index is 12.7. The number of carbonyl (C=O) groups is 2. The normalized spacial score (nSPS) is 19.1. The van der Waals surface area contributed by atoms with Gasteiger partial charge in [0.2, 0.25) is 5.91 Å². The van der Waals surface area contributed by atoms with Crippen molar-refractivity contribution in [2.75, 3.05) is 18.1 Å². The molecule has 41 heavy (non-hydrogen) atoms. The number of aryl methyl sites for hydroxylation is 1. The largest absolute Gasteiger partial charge is 0.459 e. The van der Waals surface area contributed by atoms with Gasteiger partial charge in [0.1, 0.15) is 35.9 Å². The molecule has 3 rings (SSSR count). The van der Waals surface area contributed by atoms with E-state index in [1.807, 2.05) is 35.2 Å². The predicted octanol–water partition coefficient (Wildman–Crippen LogP) is 2.47. The number of thiophene rings is 1. The van der Waals surface area contributed by atoms with Crippen LogP contribution in [0.5, 0.6) is 0 Å². The fraction of sp³-hybridized carbons (Fsp3) is 0.600. The minimum Gasteiger partial charge on any atom is -0.459 e. The number of hydrogen-bond donors (Lipinski definition) is 6. The van der Waals surface area contributed by atoms with E-state index >= 15 is 0 Å². The maximum Gasteiger partial charge on any atom is 0.348 e. The standard InChI is InChI=1S/C30H43NO9S/c1-2-3-4-8-23(33)19-9-11-21(12-10-19)31-20(13-16-27(31)36)6-5-7-22-14-15-26(41-22)30(39)40-18-25(35)29(38)28(37)24(34)17-32/h9-12,14-15,20,23-25,28-29,32-35,37-38H,2-8,13,16-18H2,1H3/t20-,23-,24+,25-,28+,29-/m0/s1. The Morgan fingerprint density at radius 1 is 1.00 bits per heavy atom. The van der Waals surface area contributed by atoms with E-state index in [4.69, 9.17) is 9.84 Å². The van der Waals surface area contributed by atoms with Gasteiger partial charge in [0.05, 0.1) is 12.7 Å². The highest BCUT2D eigenvalue weighted by Gasteiger charge is 2.32. The monoisotopic (exact) mass is 593 g/mol. The molecule has 2 heterocycles. The van der Waals surface area contributed by atoms with E-state index in [9.17, 15) is 35.1 Å². The molecule has 228 valence electrons. The molecule has 6 atom stereocenters. The van der Waals surface area contributed by atoms with E-state index in [1.165, 1.54) is 11.3 Å². The van der Waals surface area contributed by atoms with Crippen LogP contribution in [0.4, 0.5) is 5.69 Å². The van der Waals surface area contributed by atoms with E-state index < -0.39 is 49.7 Å². The van der Waals surface area contributed by atoms with Crippen molar-refractivity contribution in [1.82, 2.24) is 0 Å². The van der Waals surface area contributed by atoms with Gasteiger partial charge in [-0.2, -0.15) is 0 Å². The maximum absolute atomic E-state index is 12.7. The number of benzene rings is 1. The van der Waals surface area contributed by atoms with Crippen molar-refractivity contribution < 1.29 is 45.0 Å². The highest BCUT2D eigenvalue weighted by molar-refractivity contribution is 7.13. The summed E-state index contributed by atoms with van der Waals surface area (Å²) in [5.41, 5.74) is 1.71. The summed E-state index contributed by atoms with van der Waals surface area (Å²) in [6.07, 6.45) is 0.152. The molecule has 0 bridgehead atoms. The average molecular weight is 594 g/mol. The van der Waals surface area contributed by atoms with Crippen molar-refractivity contribution in [2.45, 2.75) is 101 Å². The third-order valence-corrected chi connectivity index (χ3v) is 8.62. The van der Waals surface area contributed by atoms with Gasteiger partial charge in [-0.1, -0.05) is 38.3 Å². The van der Waals surface area contributed by atoms with Crippen molar-refractivity contribution in [1.29, 1.82) is 0 Å². The Kier molecular flexibility index (Phi) is 13.2. The number of carbonyl (C=O) groups excluding carboxylic acids is 2. The van der Waals surface area contributed by atoms with E-state index in [0.29, 0.717) is 17.7 Å². The van der Waals surface area contributed by atoms with E-state index in [-0.39, 0.29) is 11.9 Å². The number of ether oxygens (including phenoxy) is 1. The lowest BCUT2D eigenvalue weighted by Gasteiger charge is -2.25. The zero-order chi connectivity index (χ0) is 29.9. The van der Waals surface area contributed by atoms with Crippen LogP contribution >= 0.6 is 11.3 Å². The summed E-state index contributed by atoms with van der Waals surface area (Å²) < 4.78 is 5.04. The Labute approximate surface area is 244 Å². The first-order valence-electron chi connectivity index (χ1n) is 14.3. The molecule has 1 fully saturated rings. The van der Waals surface area contributed by atoms with E-state index in [0.717, 1.165) is 61.1 Å². The predicted molar refractivity (Wildman–Crippen MR) is 155 cm³/mol. The van der Waals surface area contributed by atoms with Crippen LogP contribution in [0.2, 0.25) is 0 Å². The van der Waals surface area contributed by atoms with Gasteiger partial charge in [0, 0.05) is 23.0 Å². The van der Waals surface area contributed by atoms with Gasteiger partial charge in [-0.05, 0) is 61.9 Å². The third kappa shape index (κ3) is 9.31. The fourth-order valence-electron chi connectivity index (χ4n) is 5.01. The number of aliphatic hydroxyl groups excluding tert-OH is 6. The first-order valence-corrected chi connectivity index (χ1v) is 15.2. The summed E-state index contributed by atoms with van der Waals surface area (Å²) in [4.78, 5) is 28.2. The molecular formula is C30H43NO9S. The van der Waals surface area contributed by atoms with Crippen molar-refractivity contribution in [2.24, 2.45) is 0 Å². The molecule has 0 radical (unpaired) electrons. The first-order chi connectivity index (χ1) is 19.7. The molecule has 1 aliphatic heterocycles. The fourth-order valence-corrected chi connectivity index (χ4v) is 5.95. The summed E-state index contributed by atoms with van der Waals surface area (Å²) in [5.74, 6) is -0.589. The molecule has 1 aromatic carbocycles. The van der Waals surface area contributed by atoms with Gasteiger partial charge in [0.25, 0.3) is 0 Å². The average Bonchev–Trinajstić information content (AvgIpc) is 3.61. The number of hydrogen-bond acceptors (Lipinski definition) is 10. The molecule has 1 amide bonds. The number of nitrogens with zero attached hydrogens (tertiary/aromatic N) is 1. The topological polar surface area (TPSA) is 168 Å². The summed E-state index contributed by atoms with van der Waals surface area (Å²) >= 11 is 1.26. The highest BCUT2D eigenvalue weighted by Crippen LogP contribution is 2.31. The van der Waals surface area contributed by atoms with Crippen LogP contribution < -0.4 is 4.90 Å². The number of amides is 1. The van der Waals surface area contributed by atoms with Crippen molar-refractivity contribution >= 4 is 28.9 Å². The lowest BCUT2D eigenvalue weighted by molar-refractivity contribution is -0.124. The molecule has 1 aliphatic rings. The third-order valence-electron chi connectivity index (χ3n) is 7.50. The lowest BCUT2D eigenvalue weighted by atomic mass is 10.0. The number of anilines is 1. The van der Waals surface area contributed by atoms with Crippen LogP contribution in [0.3, 0.4) is 0 Å². The summed E-state index contributed by atoms with van der Waals surface area (Å²) in [5, 5.41) is 58.1. The number of aliphatic hydroxyl groups is 6. The molecule has 1 saturated heterocycles. The quantitative estimate of drug-likeness (QED) is 0.119. The SMILES string of the molecule is CCCCC[C@H](O)c1ccc(N2C(=O)CC[C@@H]2CCCc2ccc(C(=O)OC[C@H](O)[C@H](O)[C@H](O)[C@H](O)CO)s2)cc1. The molecule has 6 N–H and O–H groups in total. The van der Waals surface area contributed by atoms with Crippen molar-refractivity contribution in [3.63, 3.8) is 0 Å². The van der Waals surface area contributed by atoms with Gasteiger partial charge in [0.15, 0.2) is 0 Å². The smallest absolute Gasteiger partial charge is 0.348 e. The van der Waals surface area contributed by atoms with Gasteiger partial charge < -0.3 is 40.3 Å². The molecular weight excluding hydrogens is 550 g/mol. The van der Waals surface area contributed by atoms with Crippen LogP contribution in [0, 0.1) is 0 Å². The molecule has 2 aromatic rings. The summed E-state index contributed by atoms with van der Waals surface area (Å²) in [6.45, 7) is 0.745. The first kappa shape index (κ1) is 33.1. The minimum absolute atomic E-state index is 0.0832. The van der Waals surface area contributed by atoms with Gasteiger partial charge in [-0.3, -0.25) is 4.79 Å². The molecule has 0 saturated carbocycles. The van der Waals surface area contributed by atoms with Crippen molar-refractivity contribution in [3.05, 3.63) is 51.7 Å². The Morgan fingerprint density at radius 2 is 1.71 bits per heavy atom. The lowest BCUT2D eigenvalue weighted by Crippen LogP contribution is -2.47. The van der Waals surface area contributed by atoms with Crippen LogP contribution in [0.25, 0.3) is 0 Å². The van der Waals surface area contributed by atoms with Gasteiger partial charge in [-0.25, -0.2) is 4.79 Å². The van der Waals surface area contributed by atoms with E-state index in [1.54, 1.807) is 6.07 Å². The van der Waals surface area contributed by atoms with Crippen LogP contribution in [0.1, 0.15) is 84.5 Å². The molecule has 11 heteroatoms. The Bertz CT molecular complexity index is 1090. The molecule has 10 nitrogen and oxygen atoms in total. The summed E-state index contributed by atoms with van der Waals surface area (Å²) in [7, 11) is 0. The molecule has 0 unspecified atom stereocenters. The summed E-state index contributed by atoms with van der Waals surface area (Å²) in [6, 6.07) is 11.2. The Hall–Kier alpha value is -2.38. The van der Waals surface area contributed by atoms with Crippen LogP contribution in [0.15, 0.2) is 36.4 Å². The van der Waals surface area contributed by atoms with Gasteiger partial charge >= 0.3 is 5.97 Å². The Balaban J connectivity index is 1.47. The van der Waals surface area contributed by atoms with Crippen LogP contribution in [-0.4, -0.2) is 86.2 Å².